The fourth-order valence-corrected chi connectivity index (χ4v) is 3.46. The van der Waals surface area contributed by atoms with E-state index in [0.29, 0.717) is 23.8 Å². The van der Waals surface area contributed by atoms with Crippen molar-refractivity contribution in [1.29, 1.82) is 0 Å². The van der Waals surface area contributed by atoms with Crippen molar-refractivity contribution in [2.45, 2.75) is 27.0 Å². The topological polar surface area (TPSA) is 83.3 Å². The maximum atomic E-state index is 12.5. The summed E-state index contributed by atoms with van der Waals surface area (Å²) in [6, 6.07) is 7.45. The molecule has 0 N–H and O–H groups in total. The first-order valence-corrected chi connectivity index (χ1v) is 9.27. The molecule has 4 rings (SSSR count). The average Bonchev–Trinajstić information content (AvgIpc) is 3.43. The second kappa shape index (κ2) is 7.24. The number of nitrogens with zero attached hydrogens (tertiary/aromatic N) is 3. The van der Waals surface area contributed by atoms with Crippen molar-refractivity contribution in [3.05, 3.63) is 69.8 Å². The molecule has 0 radical (unpaired) electrons. The van der Waals surface area contributed by atoms with Crippen LogP contribution in [0, 0.1) is 13.8 Å². The van der Waals surface area contributed by atoms with Gasteiger partial charge in [0.2, 0.25) is 5.82 Å². The number of aryl methyl sites for hydroxylation is 1. The van der Waals surface area contributed by atoms with E-state index in [-0.39, 0.29) is 6.61 Å². The zero-order valence-corrected chi connectivity index (χ0v) is 15.7. The maximum absolute atomic E-state index is 12.5. The molecule has 4 aromatic heterocycles. The number of ether oxygens (including phenoxy) is 1. The van der Waals surface area contributed by atoms with Crippen molar-refractivity contribution in [2.24, 2.45) is 0 Å². The summed E-state index contributed by atoms with van der Waals surface area (Å²) in [5.74, 6) is 1.15. The van der Waals surface area contributed by atoms with Crippen LogP contribution in [-0.4, -0.2) is 20.7 Å². The molecule has 0 aliphatic rings. The first kappa shape index (κ1) is 17.3. The Hall–Kier alpha value is -3.13. The zero-order valence-electron chi connectivity index (χ0n) is 14.8. The Morgan fingerprint density at radius 2 is 2.22 bits per heavy atom. The third-order valence-electron chi connectivity index (χ3n) is 4.26. The first-order valence-electron chi connectivity index (χ1n) is 8.33. The molecule has 0 aliphatic heterocycles. The Morgan fingerprint density at radius 1 is 1.33 bits per heavy atom. The van der Waals surface area contributed by atoms with E-state index in [1.165, 1.54) is 0 Å². The van der Waals surface area contributed by atoms with Crippen molar-refractivity contribution in [3.63, 3.8) is 0 Å². The summed E-state index contributed by atoms with van der Waals surface area (Å²) >= 11 is 1.54. The fraction of sp³-hybridized carbons (Fsp3) is 0.211. The minimum Gasteiger partial charge on any atom is -0.467 e. The van der Waals surface area contributed by atoms with Crippen LogP contribution in [0.15, 0.2) is 50.2 Å². The van der Waals surface area contributed by atoms with Gasteiger partial charge in [-0.1, -0.05) is 5.16 Å². The van der Waals surface area contributed by atoms with Gasteiger partial charge in [0, 0.05) is 16.8 Å². The lowest BCUT2D eigenvalue weighted by atomic mass is 10.2. The standard InChI is InChI=1S/C19H17N3O4S/c1-12-8-16(13(2)22(12)9-15-4-3-6-24-15)19(23)25-10-17-20-18(26-21-17)14-5-7-27-11-14/h3-8,11H,9-10H2,1-2H3. The predicted octanol–water partition coefficient (Wildman–Crippen LogP) is 4.21. The normalized spacial score (nSPS) is 11.0. The van der Waals surface area contributed by atoms with Crippen LogP contribution in [0.1, 0.15) is 33.3 Å². The predicted molar refractivity (Wildman–Crippen MR) is 98.4 cm³/mol. The number of rotatable bonds is 6. The molecule has 138 valence electrons. The SMILES string of the molecule is Cc1cc(C(=O)OCc2noc(-c3ccsc3)n2)c(C)n1Cc1ccco1. The summed E-state index contributed by atoms with van der Waals surface area (Å²) in [4.78, 5) is 16.7. The molecule has 0 amide bonds. The summed E-state index contributed by atoms with van der Waals surface area (Å²) in [6.07, 6.45) is 1.63. The molecule has 8 heteroatoms. The molecule has 0 unspecified atom stereocenters. The molecule has 0 saturated carbocycles. The van der Waals surface area contributed by atoms with Gasteiger partial charge in [-0.15, -0.1) is 0 Å². The third kappa shape index (κ3) is 3.56. The van der Waals surface area contributed by atoms with Crippen LogP contribution < -0.4 is 0 Å². The highest BCUT2D eigenvalue weighted by Crippen LogP contribution is 2.21. The Kier molecular flexibility index (Phi) is 4.64. The Bertz CT molecular complexity index is 1050. The molecule has 0 fully saturated rings. The van der Waals surface area contributed by atoms with E-state index in [9.17, 15) is 4.79 Å². The number of esters is 1. The van der Waals surface area contributed by atoms with E-state index in [1.807, 2.05) is 53.4 Å². The highest BCUT2D eigenvalue weighted by atomic mass is 32.1. The lowest BCUT2D eigenvalue weighted by Crippen LogP contribution is -2.09. The molecular formula is C19H17N3O4S. The summed E-state index contributed by atoms with van der Waals surface area (Å²) in [7, 11) is 0. The van der Waals surface area contributed by atoms with Gasteiger partial charge >= 0.3 is 5.97 Å². The zero-order chi connectivity index (χ0) is 18.8. The molecule has 7 nitrogen and oxygen atoms in total. The van der Waals surface area contributed by atoms with E-state index in [0.717, 1.165) is 22.7 Å². The van der Waals surface area contributed by atoms with Crippen molar-refractivity contribution in [2.75, 3.05) is 0 Å². The van der Waals surface area contributed by atoms with Gasteiger partial charge in [0.1, 0.15) is 5.76 Å². The van der Waals surface area contributed by atoms with Crippen LogP contribution >= 0.6 is 11.3 Å². The number of thiophene rings is 1. The van der Waals surface area contributed by atoms with E-state index in [1.54, 1.807) is 17.6 Å². The molecule has 0 spiro atoms. The maximum Gasteiger partial charge on any atom is 0.340 e. The van der Waals surface area contributed by atoms with Crippen molar-refractivity contribution >= 4 is 17.3 Å². The first-order chi connectivity index (χ1) is 13.1. The third-order valence-corrected chi connectivity index (χ3v) is 4.94. The number of hydrogen-bond acceptors (Lipinski definition) is 7. The highest BCUT2D eigenvalue weighted by molar-refractivity contribution is 7.08. The number of aromatic nitrogens is 3. The molecule has 0 saturated heterocycles. The van der Waals surface area contributed by atoms with Gasteiger partial charge in [0.15, 0.2) is 6.61 Å². The van der Waals surface area contributed by atoms with Crippen LogP contribution in [0.2, 0.25) is 0 Å². The quantitative estimate of drug-likeness (QED) is 0.464. The second-order valence-electron chi connectivity index (χ2n) is 6.05. The molecule has 0 bridgehead atoms. The van der Waals surface area contributed by atoms with Crippen molar-refractivity contribution in [1.82, 2.24) is 14.7 Å². The molecule has 4 heterocycles. The van der Waals surface area contributed by atoms with E-state index >= 15 is 0 Å². The summed E-state index contributed by atoms with van der Waals surface area (Å²) in [6.45, 7) is 4.34. The molecule has 0 aliphatic carbocycles. The smallest absolute Gasteiger partial charge is 0.340 e. The minimum absolute atomic E-state index is 0.0473. The van der Waals surface area contributed by atoms with Crippen LogP contribution in [-0.2, 0) is 17.9 Å². The second-order valence-corrected chi connectivity index (χ2v) is 6.83. The van der Waals surface area contributed by atoms with Gasteiger partial charge in [-0.25, -0.2) is 4.79 Å². The molecule has 27 heavy (non-hydrogen) atoms. The molecule has 4 aromatic rings. The fourth-order valence-electron chi connectivity index (χ4n) is 2.83. The molecule has 0 atom stereocenters. The minimum atomic E-state index is -0.421. The van der Waals surface area contributed by atoms with E-state index in [2.05, 4.69) is 10.1 Å². The number of carbonyl (C=O) groups excluding carboxylic acids is 1. The number of furan rings is 1. The number of carbonyl (C=O) groups is 1. The monoisotopic (exact) mass is 383 g/mol. The molecule has 0 aromatic carbocycles. The lowest BCUT2D eigenvalue weighted by molar-refractivity contribution is 0.0458. The Morgan fingerprint density at radius 3 is 2.96 bits per heavy atom. The highest BCUT2D eigenvalue weighted by Gasteiger charge is 2.19. The van der Waals surface area contributed by atoms with Crippen molar-refractivity contribution < 1.29 is 18.5 Å². The van der Waals surface area contributed by atoms with Gasteiger partial charge in [-0.3, -0.25) is 0 Å². The van der Waals surface area contributed by atoms with Gasteiger partial charge in [-0.05, 0) is 43.5 Å². The lowest BCUT2D eigenvalue weighted by Gasteiger charge is -2.07. The van der Waals surface area contributed by atoms with Crippen LogP contribution in [0.3, 0.4) is 0 Å². The van der Waals surface area contributed by atoms with Gasteiger partial charge < -0.3 is 18.2 Å². The van der Waals surface area contributed by atoms with Crippen LogP contribution in [0.4, 0.5) is 0 Å². The van der Waals surface area contributed by atoms with E-state index in [4.69, 9.17) is 13.7 Å². The average molecular weight is 383 g/mol. The Balaban J connectivity index is 1.44. The Labute approximate surface area is 159 Å². The van der Waals surface area contributed by atoms with Crippen LogP contribution in [0.25, 0.3) is 11.5 Å². The van der Waals surface area contributed by atoms with Gasteiger partial charge in [0.25, 0.3) is 5.89 Å². The summed E-state index contributed by atoms with van der Waals surface area (Å²) < 4.78 is 18.0. The van der Waals surface area contributed by atoms with Crippen LogP contribution in [0.5, 0.6) is 0 Å². The summed E-state index contributed by atoms with van der Waals surface area (Å²) in [5, 5.41) is 7.70. The van der Waals surface area contributed by atoms with Gasteiger partial charge in [-0.2, -0.15) is 16.3 Å². The van der Waals surface area contributed by atoms with E-state index < -0.39 is 5.97 Å². The number of hydrogen-bond donors (Lipinski definition) is 0. The van der Waals surface area contributed by atoms with Crippen molar-refractivity contribution in [3.8, 4) is 11.5 Å². The summed E-state index contributed by atoms with van der Waals surface area (Å²) in [5.41, 5.74) is 3.14. The molecular weight excluding hydrogens is 366 g/mol. The van der Waals surface area contributed by atoms with Gasteiger partial charge in [0.05, 0.1) is 23.9 Å². The largest absolute Gasteiger partial charge is 0.467 e.